The molecule has 0 saturated carbocycles. The van der Waals surface area contributed by atoms with Gasteiger partial charge in [-0.15, -0.1) is 0 Å². The van der Waals surface area contributed by atoms with Crippen LogP contribution in [0.2, 0.25) is 0 Å². The standard InChI is InChI=1S/C26H18N2O5/c1-15(29)27-23-9-5-3-7-19(23)21(25(27)31)13-17-11-12-18(33-17)14-22-20-8-4-6-10-24(20)28(16(2)30)26(22)32/h3-14H,1-2H3. The topological polar surface area (TPSA) is 87.9 Å². The van der Waals surface area contributed by atoms with Crippen molar-refractivity contribution in [2.75, 3.05) is 9.80 Å². The number of nitrogens with zero attached hydrogens (tertiary/aromatic N) is 2. The highest BCUT2D eigenvalue weighted by Gasteiger charge is 2.36. The Kier molecular flexibility index (Phi) is 4.67. The van der Waals surface area contributed by atoms with E-state index >= 15 is 0 Å². The van der Waals surface area contributed by atoms with Gasteiger partial charge < -0.3 is 4.42 Å². The molecule has 2 aliphatic heterocycles. The molecule has 0 atom stereocenters. The monoisotopic (exact) mass is 438 g/mol. The van der Waals surface area contributed by atoms with Crippen LogP contribution in [0.5, 0.6) is 0 Å². The predicted octanol–water partition coefficient (Wildman–Crippen LogP) is 4.15. The average Bonchev–Trinajstić information content (AvgIpc) is 3.42. The predicted molar refractivity (Wildman–Crippen MR) is 124 cm³/mol. The summed E-state index contributed by atoms with van der Waals surface area (Å²) in [5.74, 6) is -0.780. The molecule has 0 unspecified atom stereocenters. The highest BCUT2D eigenvalue weighted by molar-refractivity contribution is 6.42. The number of imide groups is 2. The van der Waals surface area contributed by atoms with Crippen molar-refractivity contribution in [3.63, 3.8) is 0 Å². The number of hydrogen-bond donors (Lipinski definition) is 0. The van der Waals surface area contributed by atoms with Crippen molar-refractivity contribution < 1.29 is 23.6 Å². The number of carbonyl (C=O) groups is 4. The number of benzene rings is 2. The van der Waals surface area contributed by atoms with Crippen LogP contribution in [-0.4, -0.2) is 23.6 Å². The third kappa shape index (κ3) is 3.22. The van der Waals surface area contributed by atoms with Crippen molar-refractivity contribution in [2.45, 2.75) is 13.8 Å². The third-order valence-corrected chi connectivity index (χ3v) is 5.59. The lowest BCUT2D eigenvalue weighted by Gasteiger charge is -2.11. The first-order chi connectivity index (χ1) is 15.9. The van der Waals surface area contributed by atoms with Crippen LogP contribution in [0.4, 0.5) is 11.4 Å². The van der Waals surface area contributed by atoms with E-state index in [0.29, 0.717) is 45.2 Å². The molecule has 1 aromatic heterocycles. The number of para-hydroxylation sites is 2. The van der Waals surface area contributed by atoms with Crippen LogP contribution in [0.15, 0.2) is 65.1 Å². The molecule has 0 bridgehead atoms. The van der Waals surface area contributed by atoms with E-state index in [2.05, 4.69) is 0 Å². The summed E-state index contributed by atoms with van der Waals surface area (Å²) in [6.45, 7) is 2.69. The van der Waals surface area contributed by atoms with Crippen molar-refractivity contribution >= 4 is 58.3 Å². The summed E-state index contributed by atoms with van der Waals surface area (Å²) < 4.78 is 5.86. The van der Waals surface area contributed by atoms with Gasteiger partial charge in [0.05, 0.1) is 22.5 Å². The fourth-order valence-corrected chi connectivity index (χ4v) is 4.20. The van der Waals surface area contributed by atoms with Gasteiger partial charge in [-0.25, -0.2) is 9.80 Å². The van der Waals surface area contributed by atoms with Crippen LogP contribution in [0.3, 0.4) is 0 Å². The molecule has 162 valence electrons. The summed E-state index contributed by atoms with van der Waals surface area (Å²) in [4.78, 5) is 52.0. The van der Waals surface area contributed by atoms with Gasteiger partial charge in [-0.2, -0.15) is 0 Å². The zero-order valence-corrected chi connectivity index (χ0v) is 17.9. The molecular weight excluding hydrogens is 420 g/mol. The molecule has 2 aromatic carbocycles. The Morgan fingerprint density at radius 2 is 1.06 bits per heavy atom. The lowest BCUT2D eigenvalue weighted by molar-refractivity contribution is -0.123. The molecule has 3 heterocycles. The van der Waals surface area contributed by atoms with Gasteiger partial charge in [0, 0.05) is 25.0 Å². The Morgan fingerprint density at radius 3 is 1.45 bits per heavy atom. The van der Waals surface area contributed by atoms with Gasteiger partial charge in [-0.1, -0.05) is 36.4 Å². The Labute approximate surface area is 189 Å². The zero-order chi connectivity index (χ0) is 23.3. The summed E-state index contributed by atoms with van der Waals surface area (Å²) >= 11 is 0. The highest BCUT2D eigenvalue weighted by atomic mass is 16.3. The molecule has 7 heteroatoms. The second-order valence-corrected chi connectivity index (χ2v) is 7.71. The Hall–Kier alpha value is -4.52. The van der Waals surface area contributed by atoms with Crippen LogP contribution in [0.1, 0.15) is 36.5 Å². The molecule has 7 nitrogen and oxygen atoms in total. The number of anilines is 2. The third-order valence-electron chi connectivity index (χ3n) is 5.59. The molecule has 0 aliphatic carbocycles. The molecule has 2 aliphatic rings. The summed E-state index contributed by atoms with van der Waals surface area (Å²) in [6.07, 6.45) is 3.16. The molecule has 5 rings (SSSR count). The van der Waals surface area contributed by atoms with E-state index in [4.69, 9.17) is 4.42 Å². The minimum atomic E-state index is -0.419. The smallest absolute Gasteiger partial charge is 0.265 e. The maximum Gasteiger partial charge on any atom is 0.265 e. The fourth-order valence-electron chi connectivity index (χ4n) is 4.20. The van der Waals surface area contributed by atoms with Crippen molar-refractivity contribution in [3.05, 3.63) is 83.3 Å². The molecule has 33 heavy (non-hydrogen) atoms. The van der Waals surface area contributed by atoms with Crippen molar-refractivity contribution in [3.8, 4) is 0 Å². The molecule has 4 amide bonds. The van der Waals surface area contributed by atoms with E-state index in [1.807, 2.05) is 0 Å². The first kappa shape index (κ1) is 20.4. The fraction of sp³-hybridized carbons (Fsp3) is 0.0769. The molecule has 0 spiro atoms. The van der Waals surface area contributed by atoms with Crippen molar-refractivity contribution in [1.82, 2.24) is 0 Å². The second kappa shape index (κ2) is 7.56. The Balaban J connectivity index is 1.53. The van der Waals surface area contributed by atoms with Gasteiger partial charge in [0.2, 0.25) is 11.8 Å². The minimum absolute atomic E-state index is 0.347. The average molecular weight is 438 g/mol. The number of amides is 4. The summed E-state index contributed by atoms with van der Waals surface area (Å²) in [5.41, 5.74) is 3.05. The van der Waals surface area contributed by atoms with Crippen LogP contribution in [-0.2, 0) is 19.2 Å². The van der Waals surface area contributed by atoms with Crippen LogP contribution in [0.25, 0.3) is 23.3 Å². The normalized spacial score (nSPS) is 17.2. The number of carbonyl (C=O) groups excluding carboxylic acids is 4. The first-order valence-electron chi connectivity index (χ1n) is 10.3. The van der Waals surface area contributed by atoms with E-state index in [1.165, 1.54) is 13.8 Å². The van der Waals surface area contributed by atoms with Gasteiger partial charge in [0.15, 0.2) is 0 Å². The van der Waals surface area contributed by atoms with E-state index in [9.17, 15) is 19.2 Å². The molecular formula is C26H18N2O5. The largest absolute Gasteiger partial charge is 0.457 e. The number of furan rings is 1. The Morgan fingerprint density at radius 1 is 0.667 bits per heavy atom. The van der Waals surface area contributed by atoms with Gasteiger partial charge in [0.1, 0.15) is 11.5 Å². The van der Waals surface area contributed by atoms with Crippen LogP contribution < -0.4 is 9.80 Å². The number of rotatable bonds is 2. The van der Waals surface area contributed by atoms with Gasteiger partial charge in [-0.3, -0.25) is 19.2 Å². The lowest BCUT2D eigenvalue weighted by atomic mass is 10.1. The quantitative estimate of drug-likeness (QED) is 0.561. The van der Waals surface area contributed by atoms with Crippen molar-refractivity contribution in [2.24, 2.45) is 0 Å². The lowest BCUT2D eigenvalue weighted by Crippen LogP contribution is -2.31. The van der Waals surface area contributed by atoms with Gasteiger partial charge in [0.25, 0.3) is 11.8 Å². The SMILES string of the molecule is CC(=O)N1C(=O)C(=Cc2ccc(C=C3C(=O)N(C(C)=O)c4ccccc43)o2)c2ccccc21. The molecule has 0 saturated heterocycles. The second-order valence-electron chi connectivity index (χ2n) is 7.71. The first-order valence-corrected chi connectivity index (χ1v) is 10.3. The minimum Gasteiger partial charge on any atom is -0.457 e. The van der Waals surface area contributed by atoms with E-state index in [1.54, 1.807) is 72.8 Å². The van der Waals surface area contributed by atoms with E-state index in [-0.39, 0.29) is 11.8 Å². The number of fused-ring (bicyclic) bond motifs is 2. The molecule has 3 aromatic rings. The zero-order valence-electron chi connectivity index (χ0n) is 17.9. The summed E-state index contributed by atoms with van der Waals surface area (Å²) in [5, 5.41) is 0. The molecule has 0 fully saturated rings. The molecule has 0 radical (unpaired) electrons. The van der Waals surface area contributed by atoms with Gasteiger partial charge >= 0.3 is 0 Å². The Bertz CT molecular complexity index is 1320. The summed E-state index contributed by atoms with van der Waals surface area (Å²) in [7, 11) is 0. The summed E-state index contributed by atoms with van der Waals surface area (Å²) in [6, 6.07) is 17.5. The van der Waals surface area contributed by atoms with E-state index < -0.39 is 11.8 Å². The maximum absolute atomic E-state index is 12.9. The maximum atomic E-state index is 12.9. The molecule has 0 N–H and O–H groups in total. The van der Waals surface area contributed by atoms with Gasteiger partial charge in [-0.05, 0) is 36.4 Å². The highest BCUT2D eigenvalue weighted by Crippen LogP contribution is 2.39. The van der Waals surface area contributed by atoms with Crippen LogP contribution >= 0.6 is 0 Å². The van der Waals surface area contributed by atoms with Crippen LogP contribution in [0, 0.1) is 0 Å². The van der Waals surface area contributed by atoms with Crippen molar-refractivity contribution in [1.29, 1.82) is 0 Å². The van der Waals surface area contributed by atoms with E-state index in [0.717, 1.165) is 9.80 Å². The number of hydrogen-bond acceptors (Lipinski definition) is 5.